The van der Waals surface area contributed by atoms with Crippen molar-refractivity contribution in [2.24, 2.45) is 0 Å². The first-order valence-electron chi connectivity index (χ1n) is 9.33. The fraction of sp³-hybridized carbons (Fsp3) is 0.381. The largest absolute Gasteiger partial charge is 0.356 e. The third kappa shape index (κ3) is 4.65. The molecule has 1 aromatic carbocycles. The van der Waals surface area contributed by atoms with E-state index in [1.54, 1.807) is 17.9 Å². The highest BCUT2D eigenvalue weighted by Crippen LogP contribution is 2.34. The Bertz CT molecular complexity index is 987. The highest BCUT2D eigenvalue weighted by Gasteiger charge is 2.34. The monoisotopic (exact) mass is 418 g/mol. The molecule has 0 aliphatic carbocycles. The van der Waals surface area contributed by atoms with Crippen molar-refractivity contribution in [3.8, 4) is 6.07 Å². The Morgan fingerprint density at radius 1 is 1.31 bits per heavy atom. The summed E-state index contributed by atoms with van der Waals surface area (Å²) in [7, 11) is 0. The van der Waals surface area contributed by atoms with Crippen molar-refractivity contribution in [1.82, 2.24) is 4.98 Å². The second-order valence-electron chi connectivity index (χ2n) is 7.23. The lowest BCUT2D eigenvalue weighted by atomic mass is 10.1. The molecule has 1 aromatic heterocycles. The van der Waals surface area contributed by atoms with E-state index in [-0.39, 0.29) is 47.9 Å². The number of nitrogens with one attached hydrogen (secondary N) is 1. The van der Waals surface area contributed by atoms with E-state index >= 15 is 0 Å². The van der Waals surface area contributed by atoms with Crippen LogP contribution in [0.4, 0.5) is 20.3 Å². The molecule has 29 heavy (non-hydrogen) atoms. The second kappa shape index (κ2) is 8.34. The number of aryl methyl sites for hydroxylation is 1. The number of halogens is 3. The van der Waals surface area contributed by atoms with Gasteiger partial charge in [-0.3, -0.25) is 4.79 Å². The first kappa shape index (κ1) is 21.0. The average molecular weight is 419 g/mol. The van der Waals surface area contributed by atoms with Gasteiger partial charge in [0.15, 0.2) is 5.69 Å². The van der Waals surface area contributed by atoms with E-state index in [2.05, 4.69) is 10.3 Å². The number of carbonyl (C=O) groups is 1. The Balaban J connectivity index is 2.04. The van der Waals surface area contributed by atoms with Crippen LogP contribution >= 0.6 is 11.6 Å². The highest BCUT2D eigenvalue weighted by molar-refractivity contribution is 6.33. The van der Waals surface area contributed by atoms with Gasteiger partial charge in [0.25, 0.3) is 5.91 Å². The molecular weight excluding hydrogens is 398 g/mol. The SMILES string of the molecule is Cc1cccc(NC(=O)c2c(N3CCCC(F)(F)CC3)nc(C#N)c(Cl)c2C)c1. The maximum absolute atomic E-state index is 13.8. The molecule has 0 atom stereocenters. The van der Waals surface area contributed by atoms with Gasteiger partial charge in [-0.25, -0.2) is 13.8 Å². The third-order valence-electron chi connectivity index (χ3n) is 4.98. The molecule has 0 saturated carbocycles. The standard InChI is InChI=1S/C21H21ClF2N4O/c1-13-5-3-6-15(11-13)26-20(29)17-14(2)18(22)16(12-25)27-19(17)28-9-4-7-21(23,24)8-10-28/h3,5-6,11H,4,7-10H2,1-2H3,(H,26,29). The molecule has 0 radical (unpaired) electrons. The minimum Gasteiger partial charge on any atom is -0.356 e. The summed E-state index contributed by atoms with van der Waals surface area (Å²) in [4.78, 5) is 19.0. The minimum atomic E-state index is -2.75. The van der Waals surface area contributed by atoms with Crippen LogP contribution in [-0.2, 0) is 0 Å². The lowest BCUT2D eigenvalue weighted by Gasteiger charge is -2.25. The van der Waals surface area contributed by atoms with Crippen LogP contribution in [0.1, 0.15) is 46.4 Å². The van der Waals surface area contributed by atoms with Gasteiger partial charge >= 0.3 is 0 Å². The Morgan fingerprint density at radius 2 is 2.07 bits per heavy atom. The number of hydrogen-bond acceptors (Lipinski definition) is 4. The molecule has 1 aliphatic heterocycles. The van der Waals surface area contributed by atoms with Crippen molar-refractivity contribution in [1.29, 1.82) is 5.26 Å². The third-order valence-corrected chi connectivity index (χ3v) is 5.44. The van der Waals surface area contributed by atoms with Crippen molar-refractivity contribution < 1.29 is 13.6 Å². The molecule has 2 aromatic rings. The molecule has 1 N–H and O–H groups in total. The van der Waals surface area contributed by atoms with Crippen LogP contribution in [0.5, 0.6) is 0 Å². The quantitative estimate of drug-likeness (QED) is 0.752. The van der Waals surface area contributed by atoms with Crippen LogP contribution in [0, 0.1) is 25.2 Å². The van der Waals surface area contributed by atoms with Gasteiger partial charge in [0.1, 0.15) is 11.9 Å². The molecule has 152 valence electrons. The maximum Gasteiger partial charge on any atom is 0.259 e. The second-order valence-corrected chi connectivity index (χ2v) is 7.61. The van der Waals surface area contributed by atoms with Crippen LogP contribution in [0.15, 0.2) is 24.3 Å². The first-order valence-corrected chi connectivity index (χ1v) is 9.70. The van der Waals surface area contributed by atoms with E-state index in [1.807, 2.05) is 31.2 Å². The number of nitriles is 1. The van der Waals surface area contributed by atoms with E-state index in [9.17, 15) is 18.8 Å². The summed E-state index contributed by atoms with van der Waals surface area (Å²) in [5.41, 5.74) is 2.14. The zero-order valence-electron chi connectivity index (χ0n) is 16.2. The first-order chi connectivity index (χ1) is 13.7. The Labute approximate surface area is 173 Å². The van der Waals surface area contributed by atoms with Crippen LogP contribution in [0.3, 0.4) is 0 Å². The summed E-state index contributed by atoms with van der Waals surface area (Å²) in [6.45, 7) is 3.89. The molecular formula is C21H21ClF2N4O. The lowest BCUT2D eigenvalue weighted by molar-refractivity contribution is -0.0102. The van der Waals surface area contributed by atoms with Crippen molar-refractivity contribution in [3.05, 3.63) is 51.7 Å². The molecule has 1 fully saturated rings. The molecule has 5 nitrogen and oxygen atoms in total. The van der Waals surface area contributed by atoms with Gasteiger partial charge in [-0.2, -0.15) is 5.26 Å². The van der Waals surface area contributed by atoms with E-state index in [4.69, 9.17) is 11.6 Å². The number of nitrogens with zero attached hydrogens (tertiary/aromatic N) is 3. The van der Waals surface area contributed by atoms with Crippen molar-refractivity contribution >= 4 is 29.0 Å². The van der Waals surface area contributed by atoms with Crippen LogP contribution in [0.25, 0.3) is 0 Å². The number of carbonyl (C=O) groups excluding carboxylic acids is 1. The highest BCUT2D eigenvalue weighted by atomic mass is 35.5. The number of aromatic nitrogens is 1. The fourth-order valence-corrected chi connectivity index (χ4v) is 3.61. The molecule has 3 rings (SSSR count). The smallest absolute Gasteiger partial charge is 0.259 e. The number of benzene rings is 1. The lowest BCUT2D eigenvalue weighted by Crippen LogP contribution is -2.30. The number of amides is 1. The Morgan fingerprint density at radius 3 is 2.76 bits per heavy atom. The summed E-state index contributed by atoms with van der Waals surface area (Å²) in [5.74, 6) is -2.98. The van der Waals surface area contributed by atoms with E-state index in [0.29, 0.717) is 17.8 Å². The van der Waals surface area contributed by atoms with Crippen molar-refractivity contribution in [3.63, 3.8) is 0 Å². The number of pyridine rings is 1. The van der Waals surface area contributed by atoms with Crippen molar-refractivity contribution in [2.45, 2.75) is 39.0 Å². The number of rotatable bonds is 3. The van der Waals surface area contributed by atoms with E-state index in [1.165, 1.54) is 0 Å². The van der Waals surface area contributed by atoms with Crippen LogP contribution in [-0.4, -0.2) is 29.9 Å². The van der Waals surface area contributed by atoms with Gasteiger partial charge in [0.05, 0.1) is 10.6 Å². The summed E-state index contributed by atoms with van der Waals surface area (Å²) in [6, 6.07) is 9.22. The zero-order valence-corrected chi connectivity index (χ0v) is 17.0. The minimum absolute atomic E-state index is 0.0257. The van der Waals surface area contributed by atoms with Crippen molar-refractivity contribution in [2.75, 3.05) is 23.3 Å². The molecule has 0 unspecified atom stereocenters. The van der Waals surface area contributed by atoms with E-state index in [0.717, 1.165) is 5.56 Å². The van der Waals surface area contributed by atoms with Crippen LogP contribution in [0.2, 0.25) is 5.02 Å². The maximum atomic E-state index is 13.8. The molecule has 2 heterocycles. The normalized spacial score (nSPS) is 16.1. The van der Waals surface area contributed by atoms with Gasteiger partial charge in [0.2, 0.25) is 5.92 Å². The summed E-state index contributed by atoms with van der Waals surface area (Å²) in [6.07, 6.45) is -0.291. The van der Waals surface area contributed by atoms with E-state index < -0.39 is 11.8 Å². The van der Waals surface area contributed by atoms with Gasteiger partial charge in [-0.05, 0) is 43.5 Å². The van der Waals surface area contributed by atoms with Crippen LogP contribution < -0.4 is 10.2 Å². The molecule has 0 bridgehead atoms. The van der Waals surface area contributed by atoms with Gasteiger partial charge in [0, 0.05) is 31.6 Å². The Hall–Kier alpha value is -2.72. The summed E-state index contributed by atoms with van der Waals surface area (Å²) >= 11 is 6.26. The predicted molar refractivity (Wildman–Crippen MR) is 109 cm³/mol. The predicted octanol–water partition coefficient (Wildman–Crippen LogP) is 5.10. The molecule has 8 heteroatoms. The number of anilines is 2. The Kier molecular flexibility index (Phi) is 6.04. The molecule has 1 amide bonds. The van der Waals surface area contributed by atoms with Gasteiger partial charge < -0.3 is 10.2 Å². The summed E-state index contributed by atoms with van der Waals surface area (Å²) < 4.78 is 27.7. The fourth-order valence-electron chi connectivity index (χ4n) is 3.43. The zero-order chi connectivity index (χ0) is 21.2. The molecule has 1 saturated heterocycles. The number of hydrogen-bond donors (Lipinski definition) is 1. The molecule has 0 spiro atoms. The summed E-state index contributed by atoms with van der Waals surface area (Å²) in [5, 5.41) is 12.3. The topological polar surface area (TPSA) is 69.0 Å². The van der Waals surface area contributed by atoms with Gasteiger partial charge in [-0.15, -0.1) is 0 Å². The number of alkyl halides is 2. The molecule has 1 aliphatic rings. The average Bonchev–Trinajstić information content (AvgIpc) is 2.84. The van der Waals surface area contributed by atoms with Gasteiger partial charge in [-0.1, -0.05) is 23.7 Å².